The van der Waals surface area contributed by atoms with Gasteiger partial charge in [0.1, 0.15) is 5.75 Å². The van der Waals surface area contributed by atoms with Crippen molar-refractivity contribution in [1.29, 1.82) is 0 Å². The highest BCUT2D eigenvalue weighted by Gasteiger charge is 2.27. The highest BCUT2D eigenvalue weighted by Crippen LogP contribution is 2.23. The van der Waals surface area contributed by atoms with Crippen molar-refractivity contribution in [2.45, 2.75) is 32.7 Å². The zero-order valence-corrected chi connectivity index (χ0v) is 12.9. The number of amides is 1. The summed E-state index contributed by atoms with van der Waals surface area (Å²) in [6.07, 6.45) is 1.98. The van der Waals surface area contributed by atoms with E-state index in [1.54, 1.807) is 6.07 Å². The first-order chi connectivity index (χ1) is 10.1. The second-order valence-electron chi connectivity index (χ2n) is 5.52. The highest BCUT2D eigenvalue weighted by atomic mass is 16.3. The van der Waals surface area contributed by atoms with Crippen LogP contribution in [0.2, 0.25) is 0 Å². The van der Waals surface area contributed by atoms with E-state index in [4.69, 9.17) is 5.73 Å². The lowest BCUT2D eigenvalue weighted by Crippen LogP contribution is -2.46. The van der Waals surface area contributed by atoms with Gasteiger partial charge in [-0.05, 0) is 44.1 Å². The Bertz CT molecular complexity index is 492. The van der Waals surface area contributed by atoms with Crippen LogP contribution in [0.3, 0.4) is 0 Å². The number of phenols is 1. The Morgan fingerprint density at radius 1 is 1.33 bits per heavy atom. The van der Waals surface area contributed by atoms with Crippen molar-refractivity contribution >= 4 is 11.6 Å². The first-order valence-electron chi connectivity index (χ1n) is 7.68. The molecule has 1 aromatic rings. The molecule has 1 saturated heterocycles. The van der Waals surface area contributed by atoms with E-state index in [9.17, 15) is 9.90 Å². The monoisotopic (exact) mass is 291 g/mol. The molecule has 0 aromatic heterocycles. The van der Waals surface area contributed by atoms with E-state index in [0.29, 0.717) is 17.3 Å². The van der Waals surface area contributed by atoms with Gasteiger partial charge in [-0.15, -0.1) is 0 Å². The molecule has 0 bridgehead atoms. The summed E-state index contributed by atoms with van der Waals surface area (Å²) in [5.41, 5.74) is 6.67. The lowest BCUT2D eigenvalue weighted by molar-refractivity contribution is 0.0632. The smallest absolute Gasteiger partial charge is 0.256 e. The Balaban J connectivity index is 2.02. The number of phenolic OH excluding ortho intramolecular Hbond substituents is 1. The molecule has 21 heavy (non-hydrogen) atoms. The number of anilines is 1. The van der Waals surface area contributed by atoms with Crippen LogP contribution in [-0.2, 0) is 0 Å². The van der Waals surface area contributed by atoms with Gasteiger partial charge in [-0.1, -0.05) is 13.8 Å². The van der Waals surface area contributed by atoms with Crippen LogP contribution in [-0.4, -0.2) is 53.0 Å². The third kappa shape index (κ3) is 3.47. The van der Waals surface area contributed by atoms with Crippen LogP contribution in [0.4, 0.5) is 5.69 Å². The van der Waals surface area contributed by atoms with Crippen molar-refractivity contribution < 1.29 is 9.90 Å². The van der Waals surface area contributed by atoms with Crippen molar-refractivity contribution in [2.75, 3.05) is 31.9 Å². The number of carbonyl (C=O) groups is 1. The molecule has 3 N–H and O–H groups in total. The fourth-order valence-electron chi connectivity index (χ4n) is 3.07. The Kier molecular flexibility index (Phi) is 5.07. The molecule has 5 nitrogen and oxygen atoms in total. The minimum absolute atomic E-state index is 0.0746. The maximum Gasteiger partial charge on any atom is 0.256 e. The maximum absolute atomic E-state index is 12.5. The standard InChI is InChI=1S/C16H25N3O2/c1-3-18(4-2)12-7-9-19(10-8-12)16(21)14-11-13(20)5-6-15(14)17/h5-6,11-12,20H,3-4,7-10,17H2,1-2H3. The van der Waals surface area contributed by atoms with E-state index >= 15 is 0 Å². The number of carbonyl (C=O) groups excluding carboxylic acids is 1. The molecule has 0 saturated carbocycles. The summed E-state index contributed by atoms with van der Waals surface area (Å²) in [4.78, 5) is 16.8. The zero-order chi connectivity index (χ0) is 15.4. The number of benzene rings is 1. The molecule has 0 atom stereocenters. The first kappa shape index (κ1) is 15.6. The quantitative estimate of drug-likeness (QED) is 0.657. The Hall–Kier alpha value is -1.75. The second kappa shape index (κ2) is 6.80. The van der Waals surface area contributed by atoms with Gasteiger partial charge in [-0.25, -0.2) is 0 Å². The summed E-state index contributed by atoms with van der Waals surface area (Å²) in [5, 5.41) is 9.53. The van der Waals surface area contributed by atoms with Gasteiger partial charge >= 0.3 is 0 Å². The zero-order valence-electron chi connectivity index (χ0n) is 12.9. The molecule has 0 unspecified atom stereocenters. The molecular formula is C16H25N3O2. The number of nitrogen functional groups attached to an aromatic ring is 1. The molecule has 1 aromatic carbocycles. The highest BCUT2D eigenvalue weighted by molar-refractivity contribution is 5.99. The van der Waals surface area contributed by atoms with Gasteiger partial charge in [0, 0.05) is 24.8 Å². The molecule has 1 amide bonds. The molecule has 0 aliphatic carbocycles. The number of hydrogen-bond donors (Lipinski definition) is 2. The number of piperidine rings is 1. The van der Waals surface area contributed by atoms with Crippen molar-refractivity contribution in [3.8, 4) is 5.75 Å². The van der Waals surface area contributed by atoms with Gasteiger partial charge in [-0.3, -0.25) is 4.79 Å². The largest absolute Gasteiger partial charge is 0.508 e. The molecule has 1 heterocycles. The van der Waals surface area contributed by atoms with Crippen LogP contribution >= 0.6 is 0 Å². The Labute approximate surface area is 126 Å². The number of likely N-dealkylation sites (tertiary alicyclic amines) is 1. The maximum atomic E-state index is 12.5. The van der Waals surface area contributed by atoms with Gasteiger partial charge in [0.25, 0.3) is 5.91 Å². The van der Waals surface area contributed by atoms with Gasteiger partial charge in [0.05, 0.1) is 5.56 Å². The number of nitrogens with two attached hydrogens (primary N) is 1. The van der Waals surface area contributed by atoms with Crippen LogP contribution in [0.15, 0.2) is 18.2 Å². The fraction of sp³-hybridized carbons (Fsp3) is 0.562. The van der Waals surface area contributed by atoms with E-state index in [1.165, 1.54) is 12.1 Å². The van der Waals surface area contributed by atoms with E-state index in [0.717, 1.165) is 39.0 Å². The molecule has 0 spiro atoms. The summed E-state index contributed by atoms with van der Waals surface area (Å²) in [5.74, 6) is -0.00743. The number of aromatic hydroxyl groups is 1. The van der Waals surface area contributed by atoms with Crippen LogP contribution in [0.5, 0.6) is 5.75 Å². The first-order valence-corrected chi connectivity index (χ1v) is 7.68. The Morgan fingerprint density at radius 2 is 1.95 bits per heavy atom. The van der Waals surface area contributed by atoms with Crippen molar-refractivity contribution in [3.63, 3.8) is 0 Å². The molecular weight excluding hydrogens is 266 g/mol. The minimum atomic E-state index is -0.0820. The van der Waals surface area contributed by atoms with E-state index in [1.807, 2.05) is 4.90 Å². The lowest BCUT2D eigenvalue weighted by Gasteiger charge is -2.37. The van der Waals surface area contributed by atoms with Crippen LogP contribution in [0, 0.1) is 0 Å². The lowest BCUT2D eigenvalue weighted by atomic mass is 10.0. The van der Waals surface area contributed by atoms with Gasteiger partial charge < -0.3 is 20.6 Å². The van der Waals surface area contributed by atoms with Crippen molar-refractivity contribution in [3.05, 3.63) is 23.8 Å². The summed E-state index contributed by atoms with van der Waals surface area (Å²) in [7, 11) is 0. The number of rotatable bonds is 4. The molecule has 1 aliphatic heterocycles. The normalized spacial score (nSPS) is 16.4. The predicted octanol–water partition coefficient (Wildman–Crippen LogP) is 1.92. The molecule has 0 radical (unpaired) electrons. The molecule has 1 fully saturated rings. The summed E-state index contributed by atoms with van der Waals surface area (Å²) in [6.45, 7) is 7.94. The molecule has 116 valence electrons. The number of nitrogens with zero attached hydrogens (tertiary/aromatic N) is 2. The summed E-state index contributed by atoms with van der Waals surface area (Å²) in [6, 6.07) is 5.09. The fourth-order valence-corrected chi connectivity index (χ4v) is 3.07. The van der Waals surface area contributed by atoms with Crippen molar-refractivity contribution in [1.82, 2.24) is 9.80 Å². The SMILES string of the molecule is CCN(CC)C1CCN(C(=O)c2cc(O)ccc2N)CC1. The molecule has 1 aliphatic rings. The average Bonchev–Trinajstić information content (AvgIpc) is 2.51. The average molecular weight is 291 g/mol. The Morgan fingerprint density at radius 3 is 2.52 bits per heavy atom. The third-order valence-electron chi connectivity index (χ3n) is 4.35. The van der Waals surface area contributed by atoms with Gasteiger partial charge in [0.2, 0.25) is 0 Å². The summed E-state index contributed by atoms with van der Waals surface area (Å²) < 4.78 is 0. The summed E-state index contributed by atoms with van der Waals surface area (Å²) >= 11 is 0. The van der Waals surface area contributed by atoms with Gasteiger partial charge in [0.15, 0.2) is 0 Å². The van der Waals surface area contributed by atoms with Crippen LogP contribution in [0.25, 0.3) is 0 Å². The van der Waals surface area contributed by atoms with E-state index in [-0.39, 0.29) is 11.7 Å². The number of hydrogen-bond acceptors (Lipinski definition) is 4. The third-order valence-corrected chi connectivity index (χ3v) is 4.35. The second-order valence-corrected chi connectivity index (χ2v) is 5.52. The van der Waals surface area contributed by atoms with E-state index in [2.05, 4.69) is 18.7 Å². The molecule has 5 heteroatoms. The van der Waals surface area contributed by atoms with Crippen LogP contribution < -0.4 is 5.73 Å². The van der Waals surface area contributed by atoms with Crippen LogP contribution in [0.1, 0.15) is 37.0 Å². The minimum Gasteiger partial charge on any atom is -0.508 e. The predicted molar refractivity (Wildman–Crippen MR) is 84.4 cm³/mol. The topological polar surface area (TPSA) is 69.8 Å². The van der Waals surface area contributed by atoms with Crippen molar-refractivity contribution in [2.24, 2.45) is 0 Å². The van der Waals surface area contributed by atoms with E-state index < -0.39 is 0 Å². The molecule has 2 rings (SSSR count). The van der Waals surface area contributed by atoms with Gasteiger partial charge in [-0.2, -0.15) is 0 Å².